The van der Waals surface area contributed by atoms with Gasteiger partial charge in [-0.05, 0) is 55.0 Å². The zero-order valence-corrected chi connectivity index (χ0v) is 19.7. The summed E-state index contributed by atoms with van der Waals surface area (Å²) in [4.78, 5) is 28.0. The molecule has 7 nitrogen and oxygen atoms in total. The van der Waals surface area contributed by atoms with Gasteiger partial charge < -0.3 is 4.90 Å². The lowest BCUT2D eigenvalue weighted by Gasteiger charge is -2.15. The minimum Gasteiger partial charge on any atom is -0.342 e. The molecule has 5 rings (SSSR count). The van der Waals surface area contributed by atoms with E-state index in [1.807, 2.05) is 45.7 Å². The Balaban J connectivity index is 1.60. The molecule has 0 N–H and O–H groups in total. The van der Waals surface area contributed by atoms with Crippen molar-refractivity contribution in [1.82, 2.24) is 24.1 Å². The molecular formula is C25H27N5O2S. The van der Waals surface area contributed by atoms with Crippen molar-refractivity contribution in [3.8, 4) is 5.69 Å². The van der Waals surface area contributed by atoms with Crippen LogP contribution in [0.3, 0.4) is 0 Å². The summed E-state index contributed by atoms with van der Waals surface area (Å²) in [6.45, 7) is 6.02. The molecule has 4 aromatic rings. The van der Waals surface area contributed by atoms with Crippen LogP contribution in [0.4, 0.5) is 0 Å². The van der Waals surface area contributed by atoms with Crippen LogP contribution >= 0.6 is 11.8 Å². The maximum atomic E-state index is 13.5. The average molecular weight is 462 g/mol. The number of aromatic nitrogens is 4. The van der Waals surface area contributed by atoms with Gasteiger partial charge in [0, 0.05) is 13.1 Å². The van der Waals surface area contributed by atoms with Crippen LogP contribution in [0.15, 0.2) is 58.5 Å². The highest BCUT2D eigenvalue weighted by Crippen LogP contribution is 2.25. The third-order valence-electron chi connectivity index (χ3n) is 6.51. The van der Waals surface area contributed by atoms with Crippen molar-refractivity contribution in [3.05, 3.63) is 64.4 Å². The minimum absolute atomic E-state index is 0.118. The fourth-order valence-corrected chi connectivity index (χ4v) is 5.22. The fraction of sp³-hybridized carbons (Fsp3) is 0.360. The number of nitrogens with zero attached hydrogens (tertiary/aromatic N) is 5. The molecule has 0 spiro atoms. The Morgan fingerprint density at radius 1 is 1.06 bits per heavy atom. The third kappa shape index (κ3) is 3.93. The number of carbonyl (C=O) groups excluding carboxylic acids is 1. The lowest BCUT2D eigenvalue weighted by atomic mass is 9.98. The first kappa shape index (κ1) is 21.7. The summed E-state index contributed by atoms with van der Waals surface area (Å²) in [6.07, 6.45) is 3.19. The molecule has 1 amide bonds. The first-order chi connectivity index (χ1) is 16.1. The van der Waals surface area contributed by atoms with Crippen molar-refractivity contribution in [3.63, 3.8) is 0 Å². The average Bonchev–Trinajstić information content (AvgIpc) is 3.53. The van der Waals surface area contributed by atoms with Gasteiger partial charge in [0.15, 0.2) is 5.16 Å². The molecule has 0 radical (unpaired) electrons. The molecule has 0 saturated carbocycles. The first-order valence-electron chi connectivity index (χ1n) is 11.5. The summed E-state index contributed by atoms with van der Waals surface area (Å²) in [6, 6.07) is 15.6. The number of rotatable bonds is 6. The number of amides is 1. The van der Waals surface area contributed by atoms with Gasteiger partial charge in [0.1, 0.15) is 0 Å². The Morgan fingerprint density at radius 2 is 1.79 bits per heavy atom. The lowest BCUT2D eigenvalue weighted by molar-refractivity contribution is -0.127. The summed E-state index contributed by atoms with van der Waals surface area (Å²) in [5.41, 5.74) is 2.60. The largest absolute Gasteiger partial charge is 0.342 e. The van der Waals surface area contributed by atoms with E-state index in [0.717, 1.165) is 43.6 Å². The van der Waals surface area contributed by atoms with Crippen LogP contribution in [0.25, 0.3) is 22.4 Å². The molecule has 0 aliphatic carbocycles. The van der Waals surface area contributed by atoms with Crippen molar-refractivity contribution in [1.29, 1.82) is 0 Å². The van der Waals surface area contributed by atoms with E-state index in [0.29, 0.717) is 28.0 Å². The quantitative estimate of drug-likeness (QED) is 0.401. The predicted octanol–water partition coefficient (Wildman–Crippen LogP) is 4.26. The molecule has 1 aliphatic heterocycles. The summed E-state index contributed by atoms with van der Waals surface area (Å²) in [7, 11) is 0. The zero-order chi connectivity index (χ0) is 22.9. The Labute approximate surface area is 196 Å². The van der Waals surface area contributed by atoms with Crippen molar-refractivity contribution in [2.24, 2.45) is 0 Å². The number of hydrogen-bond acceptors (Lipinski definition) is 5. The van der Waals surface area contributed by atoms with Crippen molar-refractivity contribution in [2.75, 3.05) is 18.8 Å². The molecule has 3 heterocycles. The van der Waals surface area contributed by atoms with Crippen LogP contribution in [-0.4, -0.2) is 48.8 Å². The topological polar surface area (TPSA) is 72.5 Å². The smallest absolute Gasteiger partial charge is 0.267 e. The maximum absolute atomic E-state index is 13.5. The molecule has 0 bridgehead atoms. The molecule has 33 heavy (non-hydrogen) atoms. The standard InChI is InChI=1S/C25H27N5O2S/c1-3-17(2)18-10-12-19(13-11-18)29-23(32)20-8-4-5-9-21(20)30-24(29)26-27-25(30)33-16-22(31)28-14-6-7-15-28/h4-5,8-13,17H,3,6-7,14-16H2,1-2H3/t17-/m1/s1. The van der Waals surface area contributed by atoms with Gasteiger partial charge in [-0.2, -0.15) is 0 Å². The highest BCUT2D eigenvalue weighted by atomic mass is 32.2. The second kappa shape index (κ2) is 9.02. The van der Waals surface area contributed by atoms with Gasteiger partial charge in [0.2, 0.25) is 11.7 Å². The lowest BCUT2D eigenvalue weighted by Crippen LogP contribution is -2.29. The SMILES string of the molecule is CC[C@@H](C)c1ccc(-n2c(=O)c3ccccc3n3c(SCC(=O)N4CCCC4)nnc23)cc1. The fourth-order valence-electron chi connectivity index (χ4n) is 4.38. The van der Waals surface area contributed by atoms with Crippen molar-refractivity contribution < 1.29 is 4.79 Å². The molecule has 2 aromatic carbocycles. The van der Waals surface area contributed by atoms with Gasteiger partial charge in [-0.3, -0.25) is 14.0 Å². The van der Waals surface area contributed by atoms with E-state index in [1.165, 1.54) is 17.3 Å². The zero-order valence-electron chi connectivity index (χ0n) is 18.9. The molecule has 1 saturated heterocycles. The second-order valence-electron chi connectivity index (χ2n) is 8.55. The van der Waals surface area contributed by atoms with Gasteiger partial charge in [-0.1, -0.05) is 49.9 Å². The number of fused-ring (bicyclic) bond motifs is 3. The molecule has 170 valence electrons. The minimum atomic E-state index is -0.133. The molecule has 1 atom stereocenters. The monoisotopic (exact) mass is 461 g/mol. The van der Waals surface area contributed by atoms with E-state index < -0.39 is 0 Å². The second-order valence-corrected chi connectivity index (χ2v) is 9.50. The number of para-hydroxylation sites is 1. The van der Waals surface area contributed by atoms with Gasteiger partial charge in [-0.25, -0.2) is 4.57 Å². The summed E-state index contributed by atoms with van der Waals surface area (Å²) < 4.78 is 3.50. The predicted molar refractivity (Wildman–Crippen MR) is 131 cm³/mol. The van der Waals surface area contributed by atoms with Crippen LogP contribution in [0.5, 0.6) is 0 Å². The van der Waals surface area contributed by atoms with Crippen LogP contribution < -0.4 is 5.56 Å². The number of carbonyl (C=O) groups is 1. The van der Waals surface area contributed by atoms with E-state index in [-0.39, 0.29) is 11.5 Å². The van der Waals surface area contributed by atoms with E-state index in [1.54, 1.807) is 4.57 Å². The Hall–Kier alpha value is -3.13. The molecule has 2 aromatic heterocycles. The summed E-state index contributed by atoms with van der Waals surface area (Å²) in [5, 5.41) is 9.96. The van der Waals surface area contributed by atoms with E-state index >= 15 is 0 Å². The number of benzene rings is 2. The number of likely N-dealkylation sites (tertiary alicyclic amines) is 1. The Morgan fingerprint density at radius 3 is 2.52 bits per heavy atom. The molecule has 0 unspecified atom stereocenters. The van der Waals surface area contributed by atoms with Gasteiger partial charge >= 0.3 is 0 Å². The van der Waals surface area contributed by atoms with Crippen LogP contribution in [0.1, 0.15) is 44.6 Å². The van der Waals surface area contributed by atoms with Crippen LogP contribution in [0.2, 0.25) is 0 Å². The molecule has 1 aliphatic rings. The highest BCUT2D eigenvalue weighted by molar-refractivity contribution is 7.99. The highest BCUT2D eigenvalue weighted by Gasteiger charge is 2.21. The van der Waals surface area contributed by atoms with Gasteiger partial charge in [0.25, 0.3) is 5.56 Å². The van der Waals surface area contributed by atoms with Crippen LogP contribution in [-0.2, 0) is 4.79 Å². The van der Waals surface area contributed by atoms with E-state index in [2.05, 4.69) is 36.2 Å². The summed E-state index contributed by atoms with van der Waals surface area (Å²) in [5.74, 6) is 1.33. The molecule has 1 fully saturated rings. The maximum Gasteiger partial charge on any atom is 0.267 e. The van der Waals surface area contributed by atoms with Crippen molar-refractivity contribution >= 4 is 34.3 Å². The van der Waals surface area contributed by atoms with Gasteiger partial charge in [0.05, 0.1) is 22.3 Å². The Bertz CT molecular complexity index is 1370. The first-order valence-corrected chi connectivity index (χ1v) is 12.5. The molecule has 8 heteroatoms. The summed E-state index contributed by atoms with van der Waals surface area (Å²) >= 11 is 1.37. The normalized spacial score (nSPS) is 14.9. The van der Waals surface area contributed by atoms with Gasteiger partial charge in [-0.15, -0.1) is 10.2 Å². The Kier molecular flexibility index (Phi) is 5.93. The van der Waals surface area contributed by atoms with Crippen molar-refractivity contribution in [2.45, 2.75) is 44.2 Å². The third-order valence-corrected chi connectivity index (χ3v) is 7.42. The van der Waals surface area contributed by atoms with E-state index in [9.17, 15) is 9.59 Å². The molecular weight excluding hydrogens is 434 g/mol. The number of hydrogen-bond donors (Lipinski definition) is 0. The number of thioether (sulfide) groups is 1. The van der Waals surface area contributed by atoms with E-state index in [4.69, 9.17) is 0 Å². The van der Waals surface area contributed by atoms with Crippen LogP contribution in [0, 0.1) is 0 Å².